The number of allylic oxidation sites excluding steroid dienone is 1. The lowest BCUT2D eigenvalue weighted by Gasteiger charge is -2.17. The first-order valence-electron chi connectivity index (χ1n) is 6.61. The lowest BCUT2D eigenvalue weighted by molar-refractivity contribution is 0.585. The van der Waals surface area contributed by atoms with Gasteiger partial charge in [0.2, 0.25) is 0 Å². The highest BCUT2D eigenvalue weighted by atomic mass is 35.5. The highest BCUT2D eigenvalue weighted by Crippen LogP contribution is 2.33. The lowest BCUT2D eigenvalue weighted by atomic mass is 9.92. The molecule has 0 amide bonds. The number of nitrogens with zero attached hydrogens (tertiary/aromatic N) is 1. The molecule has 1 aliphatic rings. The number of aliphatic imine (C=N–C) groups is 1. The van der Waals surface area contributed by atoms with Gasteiger partial charge in [0.1, 0.15) is 5.82 Å². The third-order valence-corrected chi connectivity index (χ3v) is 3.91. The SMILES string of the molecule is Fc1ccc(N=CC2=C(Cl)c3ccccc3CC2)c(F)c1. The minimum atomic E-state index is -0.681. The fraction of sp³-hybridized carbons (Fsp3) is 0.118. The molecular weight excluding hydrogens is 292 g/mol. The average Bonchev–Trinajstić information content (AvgIpc) is 2.48. The molecule has 1 aliphatic carbocycles. The average molecular weight is 304 g/mol. The van der Waals surface area contributed by atoms with E-state index in [9.17, 15) is 8.78 Å². The van der Waals surface area contributed by atoms with Crippen LogP contribution in [0.25, 0.3) is 5.03 Å². The van der Waals surface area contributed by atoms with Gasteiger partial charge in [-0.2, -0.15) is 0 Å². The Balaban J connectivity index is 1.93. The van der Waals surface area contributed by atoms with Crippen LogP contribution in [-0.4, -0.2) is 6.21 Å². The summed E-state index contributed by atoms with van der Waals surface area (Å²) in [4.78, 5) is 4.08. The zero-order valence-corrected chi connectivity index (χ0v) is 11.9. The highest BCUT2D eigenvalue weighted by Gasteiger charge is 2.15. The van der Waals surface area contributed by atoms with Crippen LogP contribution in [0.5, 0.6) is 0 Å². The number of benzene rings is 2. The highest BCUT2D eigenvalue weighted by molar-refractivity contribution is 6.51. The molecule has 4 heteroatoms. The molecule has 0 unspecified atom stereocenters. The van der Waals surface area contributed by atoms with E-state index in [1.54, 1.807) is 6.21 Å². The molecule has 0 radical (unpaired) electrons. The maximum atomic E-state index is 13.5. The van der Waals surface area contributed by atoms with E-state index in [1.165, 1.54) is 17.7 Å². The van der Waals surface area contributed by atoms with Crippen molar-refractivity contribution in [3.05, 3.63) is 70.8 Å². The van der Waals surface area contributed by atoms with Crippen LogP contribution < -0.4 is 0 Å². The number of rotatable bonds is 2. The minimum Gasteiger partial charge on any atom is -0.253 e. The Kier molecular flexibility index (Phi) is 3.84. The predicted molar refractivity (Wildman–Crippen MR) is 82.0 cm³/mol. The van der Waals surface area contributed by atoms with Gasteiger partial charge in [0.15, 0.2) is 5.82 Å². The molecular formula is C17H12ClF2N. The number of fused-ring (bicyclic) bond motifs is 1. The van der Waals surface area contributed by atoms with Gasteiger partial charge in [-0.05, 0) is 41.7 Å². The third-order valence-electron chi connectivity index (χ3n) is 3.47. The van der Waals surface area contributed by atoms with E-state index in [2.05, 4.69) is 4.99 Å². The Bertz CT molecular complexity index is 750. The smallest absolute Gasteiger partial charge is 0.151 e. The second kappa shape index (κ2) is 5.78. The minimum absolute atomic E-state index is 0.104. The van der Waals surface area contributed by atoms with Crippen LogP contribution in [0.15, 0.2) is 53.0 Å². The second-order valence-corrected chi connectivity index (χ2v) is 5.23. The van der Waals surface area contributed by atoms with Crippen LogP contribution in [0.2, 0.25) is 0 Å². The van der Waals surface area contributed by atoms with Gasteiger partial charge in [-0.15, -0.1) is 0 Å². The Morgan fingerprint density at radius 3 is 2.67 bits per heavy atom. The van der Waals surface area contributed by atoms with Crippen LogP contribution in [-0.2, 0) is 6.42 Å². The normalized spacial score (nSPS) is 14.6. The molecule has 0 fully saturated rings. The van der Waals surface area contributed by atoms with Crippen molar-refractivity contribution in [3.8, 4) is 0 Å². The Morgan fingerprint density at radius 2 is 1.86 bits per heavy atom. The molecule has 0 spiro atoms. The molecule has 0 N–H and O–H groups in total. The van der Waals surface area contributed by atoms with Crippen molar-refractivity contribution in [2.75, 3.05) is 0 Å². The first kappa shape index (κ1) is 14.0. The summed E-state index contributed by atoms with van der Waals surface area (Å²) in [7, 11) is 0. The van der Waals surface area contributed by atoms with Gasteiger partial charge < -0.3 is 0 Å². The molecule has 0 heterocycles. The van der Waals surface area contributed by atoms with Crippen LogP contribution in [0, 0.1) is 11.6 Å². The molecule has 0 aliphatic heterocycles. The van der Waals surface area contributed by atoms with E-state index in [0.29, 0.717) is 5.03 Å². The summed E-state index contributed by atoms with van der Waals surface area (Å²) in [5.41, 5.74) is 3.16. The summed E-state index contributed by atoms with van der Waals surface area (Å²) in [5, 5.41) is 0.642. The predicted octanol–water partition coefficient (Wildman–Crippen LogP) is 5.26. The van der Waals surface area contributed by atoms with Crippen LogP contribution in [0.4, 0.5) is 14.5 Å². The first-order chi connectivity index (χ1) is 10.1. The molecule has 21 heavy (non-hydrogen) atoms. The second-order valence-electron chi connectivity index (χ2n) is 4.85. The van der Waals surface area contributed by atoms with Crippen molar-refractivity contribution in [3.63, 3.8) is 0 Å². The van der Waals surface area contributed by atoms with E-state index < -0.39 is 11.6 Å². The Labute approximate surface area is 126 Å². The molecule has 0 aromatic heterocycles. The third kappa shape index (κ3) is 2.88. The summed E-state index contributed by atoms with van der Waals surface area (Å²) < 4.78 is 26.4. The molecule has 0 bridgehead atoms. The summed E-state index contributed by atoms with van der Waals surface area (Å²) in [6, 6.07) is 11.2. The van der Waals surface area contributed by atoms with Crippen LogP contribution >= 0.6 is 11.6 Å². The van der Waals surface area contributed by atoms with Crippen molar-refractivity contribution in [2.24, 2.45) is 4.99 Å². The Morgan fingerprint density at radius 1 is 1.05 bits per heavy atom. The molecule has 2 aromatic rings. The maximum absolute atomic E-state index is 13.5. The zero-order valence-electron chi connectivity index (χ0n) is 11.1. The van der Waals surface area contributed by atoms with Crippen molar-refractivity contribution in [1.29, 1.82) is 0 Å². The molecule has 0 saturated heterocycles. The Hall–Kier alpha value is -2.00. The number of halogens is 3. The van der Waals surface area contributed by atoms with Crippen molar-refractivity contribution in [1.82, 2.24) is 0 Å². The quantitative estimate of drug-likeness (QED) is 0.671. The van der Waals surface area contributed by atoms with Crippen LogP contribution in [0.3, 0.4) is 0 Å². The van der Waals surface area contributed by atoms with Gasteiger partial charge in [-0.3, -0.25) is 4.99 Å². The lowest BCUT2D eigenvalue weighted by Crippen LogP contribution is -2.03. The fourth-order valence-corrected chi connectivity index (χ4v) is 2.69. The van der Waals surface area contributed by atoms with Gasteiger partial charge in [-0.25, -0.2) is 8.78 Å². The van der Waals surface area contributed by atoms with Gasteiger partial charge >= 0.3 is 0 Å². The first-order valence-corrected chi connectivity index (χ1v) is 6.99. The number of aryl methyl sites for hydroxylation is 1. The fourth-order valence-electron chi connectivity index (χ4n) is 2.36. The van der Waals surface area contributed by atoms with Crippen molar-refractivity contribution >= 4 is 28.5 Å². The number of hydrogen-bond acceptors (Lipinski definition) is 1. The van der Waals surface area contributed by atoms with Gasteiger partial charge in [0.05, 0.1) is 10.7 Å². The van der Waals surface area contributed by atoms with E-state index in [4.69, 9.17) is 11.6 Å². The van der Waals surface area contributed by atoms with E-state index >= 15 is 0 Å². The van der Waals surface area contributed by atoms with E-state index in [0.717, 1.165) is 30.0 Å². The largest absolute Gasteiger partial charge is 0.253 e. The monoisotopic (exact) mass is 303 g/mol. The van der Waals surface area contributed by atoms with E-state index in [-0.39, 0.29) is 5.69 Å². The summed E-state index contributed by atoms with van der Waals surface area (Å²) in [5.74, 6) is -1.30. The van der Waals surface area contributed by atoms with Gasteiger partial charge in [0, 0.05) is 12.3 Å². The molecule has 1 nitrogen and oxygen atoms in total. The molecule has 0 atom stereocenters. The number of hydrogen-bond donors (Lipinski definition) is 0. The molecule has 106 valence electrons. The topological polar surface area (TPSA) is 12.4 Å². The van der Waals surface area contributed by atoms with Crippen LogP contribution in [0.1, 0.15) is 17.5 Å². The standard InChI is InChI=1S/C17H12ClF2N/c18-17-12(6-5-11-3-1-2-4-14(11)17)10-21-16-8-7-13(19)9-15(16)20/h1-4,7-10H,5-6H2. The van der Waals surface area contributed by atoms with Crippen molar-refractivity contribution < 1.29 is 8.78 Å². The molecule has 2 aromatic carbocycles. The van der Waals surface area contributed by atoms with Crippen molar-refractivity contribution in [2.45, 2.75) is 12.8 Å². The molecule has 0 saturated carbocycles. The van der Waals surface area contributed by atoms with Gasteiger partial charge in [0.25, 0.3) is 0 Å². The zero-order chi connectivity index (χ0) is 14.8. The summed E-state index contributed by atoms with van der Waals surface area (Å²) >= 11 is 6.38. The molecule has 3 rings (SSSR count). The summed E-state index contributed by atoms with van der Waals surface area (Å²) in [6.45, 7) is 0. The van der Waals surface area contributed by atoms with E-state index in [1.807, 2.05) is 24.3 Å². The van der Waals surface area contributed by atoms with Gasteiger partial charge in [-0.1, -0.05) is 35.9 Å². The maximum Gasteiger partial charge on any atom is 0.151 e. The summed E-state index contributed by atoms with van der Waals surface area (Å²) in [6.07, 6.45) is 3.19.